The second-order valence-electron chi connectivity index (χ2n) is 4.37. The lowest BCUT2D eigenvalue weighted by Gasteiger charge is -2.08. The monoisotopic (exact) mass is 257 g/mol. The van der Waals surface area contributed by atoms with Crippen molar-refractivity contribution in [2.45, 2.75) is 13.5 Å². The molecule has 0 radical (unpaired) electrons. The quantitative estimate of drug-likeness (QED) is 0.790. The number of benzene rings is 2. The molecule has 19 heavy (non-hydrogen) atoms. The van der Waals surface area contributed by atoms with Gasteiger partial charge in [0.2, 0.25) is 0 Å². The van der Waals surface area contributed by atoms with Crippen molar-refractivity contribution in [2.75, 3.05) is 0 Å². The molecule has 0 saturated carbocycles. The summed E-state index contributed by atoms with van der Waals surface area (Å²) in [6.07, 6.45) is 0. The van der Waals surface area contributed by atoms with Crippen LogP contribution in [0.3, 0.4) is 0 Å². The van der Waals surface area contributed by atoms with Crippen molar-refractivity contribution in [3.63, 3.8) is 0 Å². The van der Waals surface area contributed by atoms with Crippen LogP contribution in [0.5, 0.6) is 11.5 Å². The Labute approximate surface area is 111 Å². The van der Waals surface area contributed by atoms with Gasteiger partial charge in [-0.3, -0.25) is 4.79 Å². The SMILES string of the molecule is Cc1ccc(O)c(C(=O)NCc2cccc(O)c2)c1. The predicted molar refractivity (Wildman–Crippen MR) is 72.1 cm³/mol. The number of rotatable bonds is 3. The molecule has 4 heteroatoms. The van der Waals surface area contributed by atoms with Gasteiger partial charge in [-0.25, -0.2) is 0 Å². The molecule has 0 heterocycles. The van der Waals surface area contributed by atoms with Gasteiger partial charge in [-0.15, -0.1) is 0 Å². The molecule has 0 fully saturated rings. The number of hydrogen-bond donors (Lipinski definition) is 3. The minimum atomic E-state index is -0.343. The molecular weight excluding hydrogens is 242 g/mol. The van der Waals surface area contributed by atoms with Gasteiger partial charge in [0.05, 0.1) is 5.56 Å². The summed E-state index contributed by atoms with van der Waals surface area (Å²) in [5, 5.41) is 21.7. The maximum Gasteiger partial charge on any atom is 0.255 e. The summed E-state index contributed by atoms with van der Waals surface area (Å²) < 4.78 is 0. The minimum absolute atomic E-state index is 0.0426. The van der Waals surface area contributed by atoms with Crippen molar-refractivity contribution < 1.29 is 15.0 Å². The van der Waals surface area contributed by atoms with E-state index in [-0.39, 0.29) is 23.0 Å². The van der Waals surface area contributed by atoms with Crippen LogP contribution in [0.15, 0.2) is 42.5 Å². The summed E-state index contributed by atoms with van der Waals surface area (Å²) in [5.41, 5.74) is 1.95. The zero-order chi connectivity index (χ0) is 13.8. The second-order valence-corrected chi connectivity index (χ2v) is 4.37. The van der Waals surface area contributed by atoms with E-state index in [1.54, 1.807) is 36.4 Å². The van der Waals surface area contributed by atoms with Crippen molar-refractivity contribution in [2.24, 2.45) is 0 Å². The number of phenolic OH excluding ortho intramolecular Hbond substituents is 2. The second kappa shape index (κ2) is 5.44. The van der Waals surface area contributed by atoms with E-state index < -0.39 is 0 Å². The third kappa shape index (κ3) is 3.25. The van der Waals surface area contributed by atoms with Gasteiger partial charge < -0.3 is 15.5 Å². The number of nitrogens with one attached hydrogen (secondary N) is 1. The first-order valence-electron chi connectivity index (χ1n) is 5.92. The molecule has 0 bridgehead atoms. The molecule has 0 aliphatic carbocycles. The zero-order valence-corrected chi connectivity index (χ0v) is 10.6. The van der Waals surface area contributed by atoms with Gasteiger partial charge >= 0.3 is 0 Å². The summed E-state index contributed by atoms with van der Waals surface area (Å²) in [5.74, 6) is -0.228. The van der Waals surface area contributed by atoms with Gasteiger partial charge in [-0.1, -0.05) is 23.8 Å². The maximum atomic E-state index is 11.9. The molecule has 0 spiro atoms. The third-order valence-corrected chi connectivity index (χ3v) is 2.76. The van der Waals surface area contributed by atoms with Crippen molar-refractivity contribution in [3.05, 3.63) is 59.2 Å². The van der Waals surface area contributed by atoms with Crippen molar-refractivity contribution in [1.82, 2.24) is 5.32 Å². The summed E-state index contributed by atoms with van der Waals surface area (Å²) >= 11 is 0. The first-order chi connectivity index (χ1) is 9.06. The van der Waals surface area contributed by atoms with E-state index in [1.165, 1.54) is 6.07 Å². The van der Waals surface area contributed by atoms with E-state index in [1.807, 2.05) is 6.92 Å². The average molecular weight is 257 g/mol. The van der Waals surface area contributed by atoms with Gasteiger partial charge in [0, 0.05) is 6.54 Å². The maximum absolute atomic E-state index is 11.9. The third-order valence-electron chi connectivity index (χ3n) is 2.76. The highest BCUT2D eigenvalue weighted by atomic mass is 16.3. The Hall–Kier alpha value is -2.49. The molecule has 0 unspecified atom stereocenters. The molecule has 2 aromatic carbocycles. The van der Waals surface area contributed by atoms with Gasteiger partial charge in [-0.05, 0) is 36.8 Å². The fraction of sp³-hybridized carbons (Fsp3) is 0.133. The van der Waals surface area contributed by atoms with Crippen LogP contribution < -0.4 is 5.32 Å². The lowest BCUT2D eigenvalue weighted by Crippen LogP contribution is -2.22. The van der Waals surface area contributed by atoms with E-state index in [2.05, 4.69) is 5.32 Å². The predicted octanol–water partition coefficient (Wildman–Crippen LogP) is 2.34. The number of aryl methyl sites for hydroxylation is 1. The molecule has 0 saturated heterocycles. The van der Waals surface area contributed by atoms with Crippen molar-refractivity contribution in [1.29, 1.82) is 0 Å². The molecule has 1 amide bonds. The van der Waals surface area contributed by atoms with Gasteiger partial charge in [0.1, 0.15) is 11.5 Å². The van der Waals surface area contributed by atoms with Crippen molar-refractivity contribution in [3.8, 4) is 11.5 Å². The number of carbonyl (C=O) groups excluding carboxylic acids is 1. The zero-order valence-electron chi connectivity index (χ0n) is 10.6. The molecule has 4 nitrogen and oxygen atoms in total. The Morgan fingerprint density at radius 2 is 1.95 bits per heavy atom. The molecular formula is C15H15NO3. The Kier molecular flexibility index (Phi) is 3.71. The van der Waals surface area contributed by atoms with E-state index in [0.29, 0.717) is 6.54 Å². The lowest BCUT2D eigenvalue weighted by molar-refractivity contribution is 0.0948. The normalized spacial score (nSPS) is 10.2. The highest BCUT2D eigenvalue weighted by Crippen LogP contribution is 2.18. The van der Waals surface area contributed by atoms with E-state index in [9.17, 15) is 15.0 Å². The largest absolute Gasteiger partial charge is 0.508 e. The number of phenols is 2. The Balaban J connectivity index is 2.07. The van der Waals surface area contributed by atoms with Crippen LogP contribution in [0, 0.1) is 6.92 Å². The summed E-state index contributed by atoms with van der Waals surface area (Å²) in [7, 11) is 0. The minimum Gasteiger partial charge on any atom is -0.508 e. The molecule has 0 aliphatic heterocycles. The van der Waals surface area contributed by atoms with Crippen molar-refractivity contribution >= 4 is 5.91 Å². The number of hydrogen-bond acceptors (Lipinski definition) is 3. The number of carbonyl (C=O) groups is 1. The van der Waals surface area contributed by atoms with Crippen LogP contribution in [0.4, 0.5) is 0 Å². The lowest BCUT2D eigenvalue weighted by atomic mass is 10.1. The Morgan fingerprint density at radius 3 is 2.68 bits per heavy atom. The van der Waals surface area contributed by atoms with E-state index in [4.69, 9.17) is 0 Å². The molecule has 0 aliphatic rings. The van der Waals surface area contributed by atoms with Gasteiger partial charge in [0.15, 0.2) is 0 Å². The summed E-state index contributed by atoms with van der Waals surface area (Å²) in [6, 6.07) is 11.5. The van der Waals surface area contributed by atoms with E-state index in [0.717, 1.165) is 11.1 Å². The highest BCUT2D eigenvalue weighted by molar-refractivity contribution is 5.96. The standard InChI is InChI=1S/C15H15NO3/c1-10-5-6-14(18)13(7-10)15(19)16-9-11-3-2-4-12(17)8-11/h2-8,17-18H,9H2,1H3,(H,16,19). The Bertz CT molecular complexity index is 608. The summed E-state index contributed by atoms with van der Waals surface area (Å²) in [4.78, 5) is 11.9. The molecule has 2 aromatic rings. The van der Waals surface area contributed by atoms with Crippen LogP contribution in [-0.4, -0.2) is 16.1 Å². The first kappa shape index (κ1) is 13.0. The molecule has 2 rings (SSSR count). The fourth-order valence-electron chi connectivity index (χ4n) is 1.78. The Morgan fingerprint density at radius 1 is 1.16 bits per heavy atom. The van der Waals surface area contributed by atoms with Crippen LogP contribution >= 0.6 is 0 Å². The number of amides is 1. The van der Waals surface area contributed by atoms with Crippen LogP contribution in [0.25, 0.3) is 0 Å². The molecule has 0 atom stereocenters. The smallest absolute Gasteiger partial charge is 0.255 e. The molecule has 0 aromatic heterocycles. The molecule has 98 valence electrons. The fourth-order valence-corrected chi connectivity index (χ4v) is 1.78. The molecule has 3 N–H and O–H groups in total. The number of aromatic hydroxyl groups is 2. The van der Waals surface area contributed by atoms with Crippen LogP contribution in [0.1, 0.15) is 21.5 Å². The van der Waals surface area contributed by atoms with Crippen LogP contribution in [0.2, 0.25) is 0 Å². The summed E-state index contributed by atoms with van der Waals surface area (Å²) in [6.45, 7) is 2.14. The average Bonchev–Trinajstić information content (AvgIpc) is 2.39. The van der Waals surface area contributed by atoms with Crippen LogP contribution in [-0.2, 0) is 6.54 Å². The van der Waals surface area contributed by atoms with Gasteiger partial charge in [-0.2, -0.15) is 0 Å². The van der Waals surface area contributed by atoms with E-state index >= 15 is 0 Å². The highest BCUT2D eigenvalue weighted by Gasteiger charge is 2.10. The van der Waals surface area contributed by atoms with Gasteiger partial charge in [0.25, 0.3) is 5.91 Å². The first-order valence-corrected chi connectivity index (χ1v) is 5.92. The topological polar surface area (TPSA) is 69.6 Å².